The molecular formula is C16H25FN2O. The molecule has 1 aromatic carbocycles. The average Bonchev–Trinajstić information content (AvgIpc) is 2.37. The van der Waals surface area contributed by atoms with Gasteiger partial charge in [-0.15, -0.1) is 0 Å². The Morgan fingerprint density at radius 3 is 2.60 bits per heavy atom. The van der Waals surface area contributed by atoms with Gasteiger partial charge in [-0.1, -0.05) is 19.1 Å². The summed E-state index contributed by atoms with van der Waals surface area (Å²) in [5, 5.41) is 0. The van der Waals surface area contributed by atoms with Gasteiger partial charge in [-0.3, -0.25) is 0 Å². The van der Waals surface area contributed by atoms with E-state index in [0.29, 0.717) is 12.1 Å². The predicted molar refractivity (Wildman–Crippen MR) is 80.6 cm³/mol. The predicted octanol–water partition coefficient (Wildman–Crippen LogP) is 2.72. The largest absolute Gasteiger partial charge is 0.372 e. The van der Waals surface area contributed by atoms with Crippen LogP contribution >= 0.6 is 0 Å². The standard InChI is InChI=1S/C16H25FN2O/c1-4-14(18)8-13-6-5-7-15(17)16(13)19-9-11(2)20-12(3)10-19/h5-7,11-12,14H,4,8-10,18H2,1-3H3/t11-,12+,14?. The molecule has 112 valence electrons. The first-order chi connectivity index (χ1) is 9.51. The maximum Gasteiger partial charge on any atom is 0.146 e. The average molecular weight is 280 g/mol. The highest BCUT2D eigenvalue weighted by molar-refractivity contribution is 5.55. The van der Waals surface area contributed by atoms with Gasteiger partial charge in [0.25, 0.3) is 0 Å². The molecule has 0 saturated carbocycles. The Morgan fingerprint density at radius 1 is 1.35 bits per heavy atom. The third-order valence-electron chi connectivity index (χ3n) is 3.81. The zero-order valence-electron chi connectivity index (χ0n) is 12.6. The summed E-state index contributed by atoms with van der Waals surface area (Å²) in [6, 6.07) is 5.36. The molecule has 1 saturated heterocycles. The molecule has 1 aliphatic rings. The number of benzene rings is 1. The van der Waals surface area contributed by atoms with E-state index in [1.165, 1.54) is 6.07 Å². The Labute approximate surface area is 120 Å². The number of para-hydroxylation sites is 1. The van der Waals surface area contributed by atoms with Crippen molar-refractivity contribution in [2.75, 3.05) is 18.0 Å². The number of nitrogens with zero attached hydrogens (tertiary/aromatic N) is 1. The van der Waals surface area contributed by atoms with Gasteiger partial charge < -0.3 is 15.4 Å². The minimum atomic E-state index is -0.160. The molecule has 0 bridgehead atoms. The molecule has 1 fully saturated rings. The second kappa shape index (κ2) is 6.55. The van der Waals surface area contributed by atoms with E-state index in [4.69, 9.17) is 10.5 Å². The molecule has 4 heteroatoms. The van der Waals surface area contributed by atoms with Crippen molar-refractivity contribution < 1.29 is 9.13 Å². The van der Waals surface area contributed by atoms with E-state index in [1.54, 1.807) is 6.07 Å². The van der Waals surface area contributed by atoms with Crippen molar-refractivity contribution in [1.29, 1.82) is 0 Å². The topological polar surface area (TPSA) is 38.5 Å². The maximum atomic E-state index is 14.3. The molecule has 0 amide bonds. The fourth-order valence-corrected chi connectivity index (χ4v) is 2.87. The molecule has 2 N–H and O–H groups in total. The highest BCUT2D eigenvalue weighted by Gasteiger charge is 2.26. The van der Waals surface area contributed by atoms with Crippen molar-refractivity contribution in [2.24, 2.45) is 5.73 Å². The second-order valence-electron chi connectivity index (χ2n) is 5.78. The number of nitrogens with two attached hydrogens (primary N) is 1. The van der Waals surface area contributed by atoms with Crippen molar-refractivity contribution >= 4 is 5.69 Å². The van der Waals surface area contributed by atoms with Crippen LogP contribution in [0, 0.1) is 5.82 Å². The summed E-state index contributed by atoms with van der Waals surface area (Å²) in [5.74, 6) is -0.160. The number of anilines is 1. The van der Waals surface area contributed by atoms with Gasteiger partial charge in [0.1, 0.15) is 5.82 Å². The lowest BCUT2D eigenvalue weighted by Crippen LogP contribution is -2.46. The molecule has 20 heavy (non-hydrogen) atoms. The smallest absolute Gasteiger partial charge is 0.146 e. The fourth-order valence-electron chi connectivity index (χ4n) is 2.87. The molecule has 1 aliphatic heterocycles. The molecule has 0 aromatic heterocycles. The van der Waals surface area contributed by atoms with E-state index in [-0.39, 0.29) is 24.1 Å². The van der Waals surface area contributed by atoms with Crippen LogP contribution < -0.4 is 10.6 Å². The number of halogens is 1. The van der Waals surface area contributed by atoms with Crippen LogP contribution in [-0.2, 0) is 11.2 Å². The van der Waals surface area contributed by atoms with E-state index in [9.17, 15) is 4.39 Å². The van der Waals surface area contributed by atoms with Crippen molar-refractivity contribution in [2.45, 2.75) is 51.9 Å². The second-order valence-corrected chi connectivity index (χ2v) is 5.78. The molecular weight excluding hydrogens is 255 g/mol. The molecule has 0 radical (unpaired) electrons. The molecule has 3 nitrogen and oxygen atoms in total. The Morgan fingerprint density at radius 2 is 2.00 bits per heavy atom. The lowest BCUT2D eigenvalue weighted by molar-refractivity contribution is -0.00544. The quantitative estimate of drug-likeness (QED) is 0.921. The van der Waals surface area contributed by atoms with Gasteiger partial charge in [-0.25, -0.2) is 4.39 Å². The Kier molecular flexibility index (Phi) is 5.00. The van der Waals surface area contributed by atoms with Crippen molar-refractivity contribution in [3.8, 4) is 0 Å². The van der Waals surface area contributed by atoms with Crippen LogP contribution in [0.25, 0.3) is 0 Å². The minimum Gasteiger partial charge on any atom is -0.372 e. The van der Waals surface area contributed by atoms with Crippen LogP contribution in [0.1, 0.15) is 32.8 Å². The molecule has 2 rings (SSSR count). The van der Waals surface area contributed by atoms with Gasteiger partial charge in [0.05, 0.1) is 17.9 Å². The molecule has 1 aromatic rings. The zero-order chi connectivity index (χ0) is 14.7. The summed E-state index contributed by atoms with van der Waals surface area (Å²) in [4.78, 5) is 2.10. The van der Waals surface area contributed by atoms with Crippen LogP contribution in [0.2, 0.25) is 0 Å². The zero-order valence-corrected chi connectivity index (χ0v) is 12.6. The highest BCUT2D eigenvalue weighted by atomic mass is 19.1. The molecule has 1 unspecified atom stereocenters. The number of hydrogen-bond acceptors (Lipinski definition) is 3. The van der Waals surface area contributed by atoms with Gasteiger partial charge in [0.15, 0.2) is 0 Å². The van der Waals surface area contributed by atoms with Gasteiger partial charge in [0, 0.05) is 19.1 Å². The summed E-state index contributed by atoms with van der Waals surface area (Å²) in [7, 11) is 0. The molecule has 1 heterocycles. The Hall–Kier alpha value is -1.13. The van der Waals surface area contributed by atoms with E-state index in [1.807, 2.05) is 19.9 Å². The van der Waals surface area contributed by atoms with E-state index in [2.05, 4.69) is 11.8 Å². The summed E-state index contributed by atoms with van der Waals surface area (Å²) >= 11 is 0. The number of morpholine rings is 1. The lowest BCUT2D eigenvalue weighted by atomic mass is 10.0. The molecule has 0 aliphatic carbocycles. The van der Waals surface area contributed by atoms with E-state index >= 15 is 0 Å². The monoisotopic (exact) mass is 280 g/mol. The normalized spacial score (nSPS) is 24.8. The first-order valence-electron chi connectivity index (χ1n) is 7.44. The summed E-state index contributed by atoms with van der Waals surface area (Å²) < 4.78 is 20.1. The SMILES string of the molecule is CCC(N)Cc1cccc(F)c1N1C[C@@H](C)O[C@@H](C)C1. The van der Waals surface area contributed by atoms with Crippen molar-refractivity contribution in [1.82, 2.24) is 0 Å². The van der Waals surface area contributed by atoms with Crippen LogP contribution in [0.4, 0.5) is 10.1 Å². The first-order valence-corrected chi connectivity index (χ1v) is 7.44. The fraction of sp³-hybridized carbons (Fsp3) is 0.625. The minimum absolute atomic E-state index is 0.0754. The lowest BCUT2D eigenvalue weighted by Gasteiger charge is -2.38. The van der Waals surface area contributed by atoms with Crippen LogP contribution in [0.15, 0.2) is 18.2 Å². The first kappa shape index (κ1) is 15.3. The van der Waals surface area contributed by atoms with Crippen molar-refractivity contribution in [3.05, 3.63) is 29.6 Å². The van der Waals surface area contributed by atoms with Gasteiger partial charge in [0.2, 0.25) is 0 Å². The van der Waals surface area contributed by atoms with Crippen molar-refractivity contribution in [3.63, 3.8) is 0 Å². The summed E-state index contributed by atoms with van der Waals surface area (Å²) in [6.45, 7) is 7.56. The molecule has 0 spiro atoms. The summed E-state index contributed by atoms with van der Waals surface area (Å²) in [5.41, 5.74) is 7.75. The Balaban J connectivity index is 2.29. The third kappa shape index (κ3) is 3.49. The number of rotatable bonds is 4. The van der Waals surface area contributed by atoms with Gasteiger partial charge in [-0.2, -0.15) is 0 Å². The van der Waals surface area contributed by atoms with Crippen LogP contribution in [-0.4, -0.2) is 31.3 Å². The van der Waals surface area contributed by atoms with Gasteiger partial charge >= 0.3 is 0 Å². The van der Waals surface area contributed by atoms with E-state index < -0.39 is 0 Å². The van der Waals surface area contributed by atoms with Crippen LogP contribution in [0.5, 0.6) is 0 Å². The van der Waals surface area contributed by atoms with Gasteiger partial charge in [-0.05, 0) is 38.3 Å². The molecule has 3 atom stereocenters. The Bertz CT molecular complexity index is 442. The maximum absolute atomic E-state index is 14.3. The summed E-state index contributed by atoms with van der Waals surface area (Å²) in [6.07, 6.45) is 1.84. The van der Waals surface area contributed by atoms with E-state index in [0.717, 1.165) is 25.1 Å². The number of hydrogen-bond donors (Lipinski definition) is 1. The van der Waals surface area contributed by atoms with Crippen LogP contribution in [0.3, 0.4) is 0 Å². The third-order valence-corrected chi connectivity index (χ3v) is 3.81. The highest BCUT2D eigenvalue weighted by Crippen LogP contribution is 2.28. The number of ether oxygens (including phenoxy) is 1.